The zero-order chi connectivity index (χ0) is 8.32. The van der Waals surface area contributed by atoms with Crippen molar-refractivity contribution < 1.29 is 7.50 Å². The first kappa shape index (κ1) is 11.4. The molecule has 0 aromatic heterocycles. The van der Waals surface area contributed by atoms with Crippen molar-refractivity contribution in [3.63, 3.8) is 0 Å². The van der Waals surface area contributed by atoms with Crippen molar-refractivity contribution in [2.24, 2.45) is 0 Å². The second kappa shape index (κ2) is 5.23. The molecular weight excluding hydrogens is 643 g/mol. The van der Waals surface area contributed by atoms with Crippen molar-refractivity contribution in [3.05, 3.63) is 35.9 Å². The molecule has 0 amide bonds. The standard InChI is InChI=1S/C7H7.Hf.3HI/c1-7-5-3-2-4-6-7;;;;/h2-6H,1H2;;3*1H/q;+3;;;/p-3. The van der Waals surface area contributed by atoms with Gasteiger partial charge in [0.25, 0.3) is 0 Å². The number of rotatable bonds is 2. The molecule has 0 radical (unpaired) electrons. The molecule has 0 atom stereocenters. The molecule has 0 saturated carbocycles. The van der Waals surface area contributed by atoms with Gasteiger partial charge in [0.05, 0.1) is 0 Å². The minimum absolute atomic E-state index is 1.34. The van der Waals surface area contributed by atoms with Crippen molar-refractivity contribution in [2.75, 3.05) is 0 Å². The first-order chi connectivity index (χ1) is 5.08. The van der Waals surface area contributed by atoms with Crippen LogP contribution in [0.2, 0.25) is 0 Å². The number of hydrogen-bond donors (Lipinski definition) is 0. The summed E-state index contributed by atoms with van der Waals surface area (Å²) in [6, 6.07) is 10.8. The molecule has 0 N–H and O–H groups in total. The number of halogens is 3. The summed E-state index contributed by atoms with van der Waals surface area (Å²) in [5.74, 6) is 0. The van der Waals surface area contributed by atoms with E-state index in [1.54, 1.807) is 0 Å². The third kappa shape index (κ3) is 5.56. The maximum atomic E-state index is 2.68. The predicted molar refractivity (Wildman–Crippen MR) is 72.2 cm³/mol. The molecule has 1 aromatic carbocycles. The molecule has 0 unspecified atom stereocenters. The molecule has 0 aliphatic rings. The molecule has 0 fully saturated rings. The molecule has 0 nitrogen and oxygen atoms in total. The maximum absolute atomic E-state index is 2.68. The van der Waals surface area contributed by atoms with E-state index in [9.17, 15) is 0 Å². The Bertz CT molecular complexity index is 217. The van der Waals surface area contributed by atoms with E-state index in [4.69, 9.17) is 0 Å². The number of hydrogen-bond acceptors (Lipinski definition) is 0. The van der Waals surface area contributed by atoms with Gasteiger partial charge < -0.3 is 0 Å². The van der Waals surface area contributed by atoms with Crippen LogP contribution in [0.15, 0.2) is 30.3 Å². The Morgan fingerprint density at radius 3 is 2.00 bits per heavy atom. The van der Waals surface area contributed by atoms with Crippen LogP contribution in [0.25, 0.3) is 0 Å². The van der Waals surface area contributed by atoms with Crippen LogP contribution in [0, 0.1) is 0 Å². The van der Waals surface area contributed by atoms with E-state index in [2.05, 4.69) is 84.7 Å². The van der Waals surface area contributed by atoms with Gasteiger partial charge in [-0.2, -0.15) is 0 Å². The van der Waals surface area contributed by atoms with Gasteiger partial charge in [-0.05, 0) is 0 Å². The quantitative estimate of drug-likeness (QED) is 0.330. The minimum atomic E-state index is -1.77. The van der Waals surface area contributed by atoms with E-state index in [1.807, 2.05) is 0 Å². The van der Waals surface area contributed by atoms with Crippen LogP contribution in [-0.4, -0.2) is 0 Å². The second-order valence-electron chi connectivity index (χ2n) is 2.28. The Morgan fingerprint density at radius 1 is 1.00 bits per heavy atom. The van der Waals surface area contributed by atoms with Gasteiger partial charge in [0.1, 0.15) is 0 Å². The van der Waals surface area contributed by atoms with Crippen LogP contribution in [-0.2, 0) is 11.7 Å². The van der Waals surface area contributed by atoms with Crippen LogP contribution < -0.4 is 0 Å². The van der Waals surface area contributed by atoms with E-state index in [-0.39, 0.29) is 0 Å². The summed E-state index contributed by atoms with van der Waals surface area (Å²) in [5, 5.41) is 0. The zero-order valence-corrected chi connectivity index (χ0v) is 15.8. The molecule has 1 aromatic rings. The van der Waals surface area contributed by atoms with E-state index in [0.29, 0.717) is 0 Å². The molecule has 0 heterocycles. The summed E-state index contributed by atoms with van der Waals surface area (Å²) in [7, 11) is -1.77. The fourth-order valence-electron chi connectivity index (χ4n) is 0.827. The molecule has 0 bridgehead atoms. The second-order valence-corrected chi connectivity index (χ2v) is 104. The Balaban J connectivity index is 2.66. The molecule has 4 heteroatoms. The summed E-state index contributed by atoms with van der Waals surface area (Å²) in [4.78, 5) is 0. The third-order valence-electron chi connectivity index (χ3n) is 1.25. The molecule has 0 aliphatic carbocycles. The topological polar surface area (TPSA) is 0 Å². The summed E-state index contributed by atoms with van der Waals surface area (Å²) in [6.07, 6.45) is 0. The monoisotopic (exact) mass is 652 g/mol. The fourth-order valence-corrected chi connectivity index (χ4v) is 14.2. The van der Waals surface area contributed by atoms with Crippen LogP contribution in [0.5, 0.6) is 0 Å². The fraction of sp³-hybridized carbons (Fsp3) is 0.143. The summed E-state index contributed by atoms with van der Waals surface area (Å²) in [5.41, 5.74) is 1.51. The van der Waals surface area contributed by atoms with Crippen molar-refractivity contribution in [2.45, 2.75) is 4.18 Å². The first-order valence-corrected chi connectivity index (χ1v) is 36.3. The molecular formula is C7H7HfI3. The van der Waals surface area contributed by atoms with E-state index >= 15 is 0 Å². The van der Waals surface area contributed by atoms with Crippen LogP contribution in [0.3, 0.4) is 0 Å². The van der Waals surface area contributed by atoms with E-state index in [1.165, 1.54) is 9.74 Å². The molecule has 1 rings (SSSR count). The van der Waals surface area contributed by atoms with Crippen LogP contribution in [0.4, 0.5) is 0 Å². The van der Waals surface area contributed by atoms with E-state index < -0.39 is 7.50 Å². The molecule has 0 saturated heterocycles. The van der Waals surface area contributed by atoms with Gasteiger partial charge in [-0.15, -0.1) is 0 Å². The van der Waals surface area contributed by atoms with Crippen molar-refractivity contribution in [1.82, 2.24) is 0 Å². The van der Waals surface area contributed by atoms with Gasteiger partial charge in [-0.25, -0.2) is 0 Å². The van der Waals surface area contributed by atoms with Gasteiger partial charge in [0.2, 0.25) is 0 Å². The average molecular weight is 650 g/mol. The van der Waals surface area contributed by atoms with Gasteiger partial charge in [-0.1, -0.05) is 0 Å². The Morgan fingerprint density at radius 2 is 1.55 bits per heavy atom. The Kier molecular flexibility index (Phi) is 5.40. The zero-order valence-electron chi connectivity index (χ0n) is 5.73. The molecule has 0 aliphatic heterocycles. The summed E-state index contributed by atoms with van der Waals surface area (Å²) < 4.78 is 1.34. The third-order valence-corrected chi connectivity index (χ3v) is 13.5. The molecule has 11 heavy (non-hydrogen) atoms. The van der Waals surface area contributed by atoms with Gasteiger partial charge >= 0.3 is 102 Å². The van der Waals surface area contributed by atoms with Crippen molar-refractivity contribution >= 4 is 54.4 Å². The molecule has 60 valence electrons. The first-order valence-electron chi connectivity index (χ1n) is 3.18. The van der Waals surface area contributed by atoms with Crippen molar-refractivity contribution in [1.29, 1.82) is 0 Å². The normalized spacial score (nSPS) is 11.5. The summed E-state index contributed by atoms with van der Waals surface area (Å²) in [6.45, 7) is 0. The van der Waals surface area contributed by atoms with Crippen molar-refractivity contribution in [3.8, 4) is 0 Å². The van der Waals surface area contributed by atoms with E-state index in [0.717, 1.165) is 0 Å². The van der Waals surface area contributed by atoms with Gasteiger partial charge in [-0.3, -0.25) is 0 Å². The molecule has 0 spiro atoms. The SMILES string of the molecule is [I][Hf]([I])([I])[CH2]c1ccccc1. The van der Waals surface area contributed by atoms with Crippen LogP contribution >= 0.6 is 54.4 Å². The average Bonchev–Trinajstić information content (AvgIpc) is 1.85. The van der Waals surface area contributed by atoms with Gasteiger partial charge in [0.15, 0.2) is 0 Å². The number of benzene rings is 1. The Labute approximate surface area is 99.5 Å². The Hall–Kier alpha value is 2.28. The van der Waals surface area contributed by atoms with Crippen LogP contribution in [0.1, 0.15) is 5.56 Å². The van der Waals surface area contributed by atoms with Gasteiger partial charge in [0, 0.05) is 0 Å². The summed E-state index contributed by atoms with van der Waals surface area (Å²) >= 11 is 8.03. The predicted octanol–water partition coefficient (Wildman–Crippen LogP) is 4.39.